The minimum atomic E-state index is 0.0710. The zero-order valence-electron chi connectivity index (χ0n) is 13.2. The van der Waals surface area contributed by atoms with Crippen LogP contribution in [0.15, 0.2) is 53.9 Å². The van der Waals surface area contributed by atoms with Gasteiger partial charge in [-0.25, -0.2) is 0 Å². The summed E-state index contributed by atoms with van der Waals surface area (Å²) < 4.78 is 0. The fourth-order valence-electron chi connectivity index (χ4n) is 2.84. The lowest BCUT2D eigenvalue weighted by atomic mass is 10.1. The fraction of sp³-hybridized carbons (Fsp3) is 0.316. The van der Waals surface area contributed by atoms with Crippen molar-refractivity contribution in [3.63, 3.8) is 0 Å². The van der Waals surface area contributed by atoms with Gasteiger partial charge in [-0.3, -0.25) is 10.1 Å². The number of piperidine rings is 1. The number of thiophene rings is 1. The second-order valence-corrected chi connectivity index (χ2v) is 6.79. The van der Waals surface area contributed by atoms with Gasteiger partial charge in [-0.05, 0) is 48.9 Å². The van der Waals surface area contributed by atoms with Crippen molar-refractivity contribution in [3.8, 4) is 0 Å². The minimum absolute atomic E-state index is 0.0710. The number of hydrogen-bond acceptors (Lipinski definition) is 3. The van der Waals surface area contributed by atoms with Crippen molar-refractivity contribution in [2.75, 3.05) is 6.54 Å². The van der Waals surface area contributed by atoms with Crippen LogP contribution in [-0.2, 0) is 11.3 Å². The molecule has 4 heteroatoms. The van der Waals surface area contributed by atoms with Gasteiger partial charge in [0.15, 0.2) is 0 Å². The summed E-state index contributed by atoms with van der Waals surface area (Å²) in [7, 11) is 0. The van der Waals surface area contributed by atoms with Crippen molar-refractivity contribution in [3.05, 3.63) is 64.4 Å². The Morgan fingerprint density at radius 1 is 1.22 bits per heavy atom. The van der Waals surface area contributed by atoms with Gasteiger partial charge in [-0.15, -0.1) is 11.3 Å². The van der Waals surface area contributed by atoms with Crippen LogP contribution in [-0.4, -0.2) is 23.5 Å². The maximum atomic E-state index is 12.7. The van der Waals surface area contributed by atoms with Crippen LogP contribution in [0.25, 0.3) is 6.08 Å². The molecular weight excluding hydrogens is 304 g/mol. The van der Waals surface area contributed by atoms with Crippen molar-refractivity contribution >= 4 is 23.3 Å². The molecule has 1 unspecified atom stereocenters. The van der Waals surface area contributed by atoms with Crippen molar-refractivity contribution in [2.24, 2.45) is 0 Å². The van der Waals surface area contributed by atoms with Crippen molar-refractivity contribution < 1.29 is 4.79 Å². The second kappa shape index (κ2) is 8.09. The average Bonchev–Trinajstić information content (AvgIpc) is 3.12. The average molecular weight is 326 g/mol. The zero-order chi connectivity index (χ0) is 15.9. The number of hydrogen-bond donors (Lipinski definition) is 1. The lowest BCUT2D eigenvalue weighted by molar-refractivity contribution is -0.130. The first-order chi connectivity index (χ1) is 11.3. The maximum Gasteiger partial charge on any atom is 0.248 e. The Hall–Kier alpha value is -1.91. The monoisotopic (exact) mass is 326 g/mol. The zero-order valence-corrected chi connectivity index (χ0v) is 14.0. The first-order valence-electron chi connectivity index (χ1n) is 8.12. The first-order valence-corrected chi connectivity index (χ1v) is 9.00. The number of amides is 1. The smallest absolute Gasteiger partial charge is 0.248 e. The summed E-state index contributed by atoms with van der Waals surface area (Å²) >= 11 is 1.70. The summed E-state index contributed by atoms with van der Waals surface area (Å²) in [6.45, 7) is 1.66. The summed E-state index contributed by atoms with van der Waals surface area (Å²) in [5, 5.41) is 5.55. The molecule has 1 atom stereocenters. The van der Waals surface area contributed by atoms with Crippen LogP contribution in [0.5, 0.6) is 0 Å². The van der Waals surface area contributed by atoms with Gasteiger partial charge in [0.25, 0.3) is 0 Å². The predicted octanol–water partition coefficient (Wildman–Crippen LogP) is 3.89. The van der Waals surface area contributed by atoms with Gasteiger partial charge >= 0.3 is 0 Å². The lowest BCUT2D eigenvalue weighted by Crippen LogP contribution is -2.49. The van der Waals surface area contributed by atoms with Crippen molar-refractivity contribution in [1.82, 2.24) is 10.2 Å². The number of rotatable bonds is 5. The molecule has 1 aromatic carbocycles. The highest BCUT2D eigenvalue weighted by molar-refractivity contribution is 7.09. The van der Waals surface area contributed by atoms with E-state index in [0.29, 0.717) is 6.54 Å². The summed E-state index contributed by atoms with van der Waals surface area (Å²) in [6.07, 6.45) is 7.12. The summed E-state index contributed by atoms with van der Waals surface area (Å²) in [5.74, 6) is 0.0710. The van der Waals surface area contributed by atoms with E-state index in [4.69, 9.17) is 0 Å². The number of benzene rings is 1. The van der Waals surface area contributed by atoms with Crippen LogP contribution in [0.4, 0.5) is 0 Å². The molecule has 3 nitrogen and oxygen atoms in total. The van der Waals surface area contributed by atoms with E-state index in [1.807, 2.05) is 47.4 Å². The Labute approximate surface area is 141 Å². The van der Waals surface area contributed by atoms with E-state index in [2.05, 4.69) is 16.8 Å². The predicted molar refractivity (Wildman–Crippen MR) is 96.0 cm³/mol. The van der Waals surface area contributed by atoms with E-state index in [-0.39, 0.29) is 12.1 Å². The molecule has 0 aliphatic carbocycles. The lowest BCUT2D eigenvalue weighted by Gasteiger charge is -2.34. The highest BCUT2D eigenvalue weighted by atomic mass is 32.1. The summed E-state index contributed by atoms with van der Waals surface area (Å²) in [5.41, 5.74) is 1.05. The largest absolute Gasteiger partial charge is 0.318 e. The van der Waals surface area contributed by atoms with Crippen LogP contribution >= 0.6 is 11.3 Å². The number of nitrogens with one attached hydrogen (secondary N) is 1. The van der Waals surface area contributed by atoms with Gasteiger partial charge in [0.1, 0.15) is 0 Å². The van der Waals surface area contributed by atoms with E-state index in [1.165, 1.54) is 17.7 Å². The van der Waals surface area contributed by atoms with Crippen molar-refractivity contribution in [2.45, 2.75) is 32.0 Å². The molecule has 0 bridgehead atoms. The quantitative estimate of drug-likeness (QED) is 0.846. The van der Waals surface area contributed by atoms with E-state index in [9.17, 15) is 4.79 Å². The SMILES string of the molecule is O=C(/C=C/c1ccccc1)N(Cc1cccs1)C1CCCCN1. The number of carbonyl (C=O) groups is 1. The van der Waals surface area contributed by atoms with E-state index >= 15 is 0 Å². The molecule has 1 fully saturated rings. The normalized spacial score (nSPS) is 18.2. The number of nitrogens with zero attached hydrogens (tertiary/aromatic N) is 1. The van der Waals surface area contributed by atoms with Crippen LogP contribution in [0.2, 0.25) is 0 Å². The Morgan fingerprint density at radius 2 is 2.09 bits per heavy atom. The molecule has 1 aliphatic heterocycles. The van der Waals surface area contributed by atoms with Crippen LogP contribution in [0, 0.1) is 0 Å². The molecule has 1 N–H and O–H groups in total. The summed E-state index contributed by atoms with van der Waals surface area (Å²) in [6, 6.07) is 14.1. The van der Waals surface area contributed by atoms with Crippen LogP contribution in [0.1, 0.15) is 29.7 Å². The Kier molecular flexibility index (Phi) is 5.61. The molecule has 0 radical (unpaired) electrons. The molecule has 2 heterocycles. The molecule has 23 heavy (non-hydrogen) atoms. The van der Waals surface area contributed by atoms with E-state index in [0.717, 1.165) is 18.5 Å². The van der Waals surface area contributed by atoms with Gasteiger partial charge in [-0.1, -0.05) is 36.4 Å². The molecule has 1 saturated heterocycles. The molecule has 0 spiro atoms. The maximum absolute atomic E-state index is 12.7. The molecule has 3 rings (SSSR count). The Balaban J connectivity index is 1.73. The fourth-order valence-corrected chi connectivity index (χ4v) is 3.54. The van der Waals surface area contributed by atoms with Gasteiger partial charge in [-0.2, -0.15) is 0 Å². The summed E-state index contributed by atoms with van der Waals surface area (Å²) in [4.78, 5) is 15.9. The van der Waals surface area contributed by atoms with Crippen LogP contribution in [0.3, 0.4) is 0 Å². The molecule has 1 aromatic heterocycles. The minimum Gasteiger partial charge on any atom is -0.318 e. The molecular formula is C19H22N2OS. The third-order valence-electron chi connectivity index (χ3n) is 4.07. The highest BCUT2D eigenvalue weighted by Crippen LogP contribution is 2.18. The first kappa shape index (κ1) is 16.0. The topological polar surface area (TPSA) is 32.3 Å². The molecule has 0 saturated carbocycles. The van der Waals surface area contributed by atoms with Gasteiger partial charge in [0.2, 0.25) is 5.91 Å². The van der Waals surface area contributed by atoms with Crippen LogP contribution < -0.4 is 5.32 Å². The van der Waals surface area contributed by atoms with E-state index < -0.39 is 0 Å². The molecule has 1 aliphatic rings. The van der Waals surface area contributed by atoms with Gasteiger partial charge in [0, 0.05) is 11.0 Å². The Morgan fingerprint density at radius 3 is 2.78 bits per heavy atom. The molecule has 120 valence electrons. The standard InChI is InChI=1S/C19H22N2OS/c22-19(12-11-16-7-2-1-3-8-16)21(15-17-9-6-14-23-17)18-10-4-5-13-20-18/h1-3,6-9,11-12,14,18,20H,4-5,10,13,15H2/b12-11+. The Bertz CT molecular complexity index is 631. The van der Waals surface area contributed by atoms with Gasteiger partial charge < -0.3 is 4.90 Å². The third-order valence-corrected chi connectivity index (χ3v) is 4.93. The third kappa shape index (κ3) is 4.53. The van der Waals surface area contributed by atoms with Crippen molar-refractivity contribution in [1.29, 1.82) is 0 Å². The highest BCUT2D eigenvalue weighted by Gasteiger charge is 2.24. The molecule has 1 amide bonds. The van der Waals surface area contributed by atoms with Gasteiger partial charge in [0.05, 0.1) is 12.7 Å². The molecule has 2 aromatic rings. The number of carbonyl (C=O) groups excluding carboxylic acids is 1. The van der Waals surface area contributed by atoms with E-state index in [1.54, 1.807) is 17.4 Å². The second-order valence-electron chi connectivity index (χ2n) is 5.76.